The van der Waals surface area contributed by atoms with E-state index < -0.39 is 17.5 Å². The number of halogens is 3. The quantitative estimate of drug-likeness (QED) is 0.739. The highest BCUT2D eigenvalue weighted by atomic mass is 35.5. The van der Waals surface area contributed by atoms with Crippen LogP contribution in [0.3, 0.4) is 0 Å². The van der Waals surface area contributed by atoms with E-state index in [0.29, 0.717) is 22.6 Å². The van der Waals surface area contributed by atoms with Crippen molar-refractivity contribution in [2.24, 2.45) is 0 Å². The maximum Gasteiger partial charge on any atom is 0.255 e. The van der Waals surface area contributed by atoms with E-state index in [1.54, 1.807) is 0 Å². The number of hydrogen-bond donors (Lipinski definition) is 2. The summed E-state index contributed by atoms with van der Waals surface area (Å²) < 4.78 is 27.3. The second kappa shape index (κ2) is 8.37. The molecule has 1 aliphatic carbocycles. The van der Waals surface area contributed by atoms with Crippen molar-refractivity contribution in [3.05, 3.63) is 58.6 Å². The Hall–Kier alpha value is -1.63. The van der Waals surface area contributed by atoms with Gasteiger partial charge in [0.25, 0.3) is 5.91 Å². The molecule has 2 aromatic rings. The minimum absolute atomic E-state index is 0.0889. The molecule has 0 unspecified atom stereocenters. The third-order valence-corrected chi connectivity index (χ3v) is 5.88. The number of aliphatic hydroxyl groups excluding tert-OH is 1. The summed E-state index contributed by atoms with van der Waals surface area (Å²) in [5.41, 5.74) is 0.654. The molecule has 1 fully saturated rings. The van der Waals surface area contributed by atoms with E-state index in [4.69, 9.17) is 11.6 Å². The predicted molar refractivity (Wildman–Crippen MR) is 99.9 cm³/mol. The lowest BCUT2D eigenvalue weighted by molar-refractivity contribution is 0.102. The largest absolute Gasteiger partial charge is 0.393 e. The highest BCUT2D eigenvalue weighted by Crippen LogP contribution is 2.35. The molecule has 0 bridgehead atoms. The standard InChI is InChI=1S/C19H18ClF2NO2S/c20-15-9-12(5-7-16(15)21)23-19(25)11-4-6-17(22)18(8-11)26-14-3-1-2-13(24)10-14/h4-9,13-14,24H,1-3,10H2,(H,23,25)/t13-,14-/m1/s1. The molecule has 0 saturated heterocycles. The van der Waals surface area contributed by atoms with Gasteiger partial charge in [0.1, 0.15) is 11.6 Å². The molecule has 0 radical (unpaired) electrons. The van der Waals surface area contributed by atoms with Gasteiger partial charge in [-0.15, -0.1) is 11.8 Å². The van der Waals surface area contributed by atoms with Crippen LogP contribution in [0, 0.1) is 11.6 Å². The van der Waals surface area contributed by atoms with Gasteiger partial charge in [0, 0.05) is 21.4 Å². The smallest absolute Gasteiger partial charge is 0.255 e. The van der Waals surface area contributed by atoms with Crippen LogP contribution < -0.4 is 5.32 Å². The Labute approximate surface area is 159 Å². The number of thioether (sulfide) groups is 1. The summed E-state index contributed by atoms with van der Waals surface area (Å²) in [4.78, 5) is 12.8. The number of benzene rings is 2. The van der Waals surface area contributed by atoms with Gasteiger partial charge in [0.2, 0.25) is 0 Å². The van der Waals surface area contributed by atoms with Gasteiger partial charge >= 0.3 is 0 Å². The number of amides is 1. The number of rotatable bonds is 4. The maximum atomic E-state index is 14.1. The van der Waals surface area contributed by atoms with E-state index in [-0.39, 0.29) is 16.4 Å². The van der Waals surface area contributed by atoms with Crippen molar-refractivity contribution in [1.29, 1.82) is 0 Å². The average molecular weight is 398 g/mol. The zero-order valence-corrected chi connectivity index (χ0v) is 15.4. The highest BCUT2D eigenvalue weighted by Gasteiger charge is 2.22. The fourth-order valence-electron chi connectivity index (χ4n) is 2.92. The van der Waals surface area contributed by atoms with Crippen LogP contribution in [-0.2, 0) is 0 Å². The van der Waals surface area contributed by atoms with Crippen LogP contribution in [0.4, 0.5) is 14.5 Å². The molecule has 0 aliphatic heterocycles. The average Bonchev–Trinajstić information content (AvgIpc) is 2.60. The Bertz CT molecular complexity index is 818. The van der Waals surface area contributed by atoms with Crippen LogP contribution in [0.25, 0.3) is 0 Å². The molecule has 3 rings (SSSR count). The van der Waals surface area contributed by atoms with Crippen molar-refractivity contribution in [2.45, 2.75) is 41.9 Å². The molecule has 1 amide bonds. The first-order valence-corrected chi connectivity index (χ1v) is 9.59. The summed E-state index contributed by atoms with van der Waals surface area (Å²) in [6.45, 7) is 0. The maximum absolute atomic E-state index is 14.1. The monoisotopic (exact) mass is 397 g/mol. The van der Waals surface area contributed by atoms with E-state index in [2.05, 4.69) is 5.32 Å². The number of carbonyl (C=O) groups excluding carboxylic acids is 1. The molecule has 138 valence electrons. The van der Waals surface area contributed by atoms with Crippen LogP contribution in [0.1, 0.15) is 36.0 Å². The van der Waals surface area contributed by atoms with Crippen molar-refractivity contribution >= 4 is 35.0 Å². The van der Waals surface area contributed by atoms with E-state index in [1.807, 2.05) is 0 Å². The summed E-state index contributed by atoms with van der Waals surface area (Å²) in [6.07, 6.45) is 2.87. The number of carbonyl (C=O) groups is 1. The van der Waals surface area contributed by atoms with Crippen molar-refractivity contribution in [3.8, 4) is 0 Å². The number of anilines is 1. The van der Waals surface area contributed by atoms with E-state index in [1.165, 1.54) is 42.1 Å². The minimum Gasteiger partial charge on any atom is -0.393 e. The number of hydrogen-bond acceptors (Lipinski definition) is 3. The Morgan fingerprint density at radius 3 is 2.65 bits per heavy atom. The van der Waals surface area contributed by atoms with Gasteiger partial charge in [-0.25, -0.2) is 8.78 Å². The molecule has 2 aromatic carbocycles. The molecule has 2 N–H and O–H groups in total. The van der Waals surface area contributed by atoms with Gasteiger partial charge in [0.05, 0.1) is 11.1 Å². The fraction of sp³-hybridized carbons (Fsp3) is 0.316. The van der Waals surface area contributed by atoms with E-state index in [0.717, 1.165) is 25.3 Å². The number of nitrogens with one attached hydrogen (secondary N) is 1. The Balaban J connectivity index is 1.73. The summed E-state index contributed by atoms with van der Waals surface area (Å²) >= 11 is 7.06. The van der Waals surface area contributed by atoms with E-state index >= 15 is 0 Å². The van der Waals surface area contributed by atoms with Crippen molar-refractivity contribution in [1.82, 2.24) is 0 Å². The molecule has 1 aliphatic rings. The first-order chi connectivity index (χ1) is 12.4. The van der Waals surface area contributed by atoms with Crippen LogP contribution in [0.5, 0.6) is 0 Å². The molecule has 3 nitrogen and oxygen atoms in total. The Morgan fingerprint density at radius 2 is 1.92 bits per heavy atom. The van der Waals surface area contributed by atoms with Crippen molar-refractivity contribution < 1.29 is 18.7 Å². The summed E-state index contributed by atoms with van der Waals surface area (Å²) in [6, 6.07) is 8.04. The van der Waals surface area contributed by atoms with Gasteiger partial charge in [-0.1, -0.05) is 11.6 Å². The second-order valence-corrected chi connectivity index (χ2v) is 8.04. The van der Waals surface area contributed by atoms with Gasteiger partial charge < -0.3 is 10.4 Å². The molecule has 1 saturated carbocycles. The molecular formula is C19H18ClF2NO2S. The van der Waals surface area contributed by atoms with Crippen LogP contribution >= 0.6 is 23.4 Å². The summed E-state index contributed by atoms with van der Waals surface area (Å²) in [7, 11) is 0. The molecule has 0 aromatic heterocycles. The zero-order valence-electron chi connectivity index (χ0n) is 13.8. The molecule has 0 spiro atoms. The zero-order chi connectivity index (χ0) is 18.7. The van der Waals surface area contributed by atoms with Gasteiger partial charge in [-0.3, -0.25) is 4.79 Å². The summed E-state index contributed by atoms with van der Waals surface area (Å²) in [5, 5.41) is 12.4. The molecule has 7 heteroatoms. The lowest BCUT2D eigenvalue weighted by Gasteiger charge is -2.25. The molecule has 26 heavy (non-hydrogen) atoms. The second-order valence-electron chi connectivity index (χ2n) is 6.29. The predicted octanol–water partition coefficient (Wildman–Crippen LogP) is 5.27. The first-order valence-electron chi connectivity index (χ1n) is 8.33. The SMILES string of the molecule is O=C(Nc1ccc(F)c(Cl)c1)c1ccc(F)c(S[C@@H]2CCC[C@@H](O)C2)c1. The van der Waals surface area contributed by atoms with Crippen LogP contribution in [-0.4, -0.2) is 22.4 Å². The third kappa shape index (κ3) is 4.75. The van der Waals surface area contributed by atoms with Crippen LogP contribution in [0.2, 0.25) is 5.02 Å². The van der Waals surface area contributed by atoms with Crippen LogP contribution in [0.15, 0.2) is 41.3 Å². The summed E-state index contributed by atoms with van der Waals surface area (Å²) in [5.74, 6) is -1.39. The lowest BCUT2D eigenvalue weighted by atomic mass is 9.97. The number of aliphatic hydroxyl groups is 1. The van der Waals surface area contributed by atoms with Gasteiger partial charge in [-0.05, 0) is 62.1 Å². The lowest BCUT2D eigenvalue weighted by Crippen LogP contribution is -2.21. The molecular weight excluding hydrogens is 380 g/mol. The van der Waals surface area contributed by atoms with Gasteiger partial charge in [0.15, 0.2) is 0 Å². The first kappa shape index (κ1) is 19.1. The normalized spacial score (nSPS) is 20.0. The topological polar surface area (TPSA) is 49.3 Å². The van der Waals surface area contributed by atoms with Crippen molar-refractivity contribution in [2.75, 3.05) is 5.32 Å². The molecule has 0 heterocycles. The highest BCUT2D eigenvalue weighted by molar-refractivity contribution is 8.00. The minimum atomic E-state index is -0.570. The van der Waals surface area contributed by atoms with E-state index in [9.17, 15) is 18.7 Å². The fourth-order valence-corrected chi connectivity index (χ4v) is 4.44. The Kier molecular flexibility index (Phi) is 6.16. The Morgan fingerprint density at radius 1 is 1.15 bits per heavy atom. The third-order valence-electron chi connectivity index (χ3n) is 4.26. The van der Waals surface area contributed by atoms with Crippen molar-refractivity contribution in [3.63, 3.8) is 0 Å². The van der Waals surface area contributed by atoms with Gasteiger partial charge in [-0.2, -0.15) is 0 Å². The molecule has 2 atom stereocenters.